The molecular formula is C13H19NO2. The van der Waals surface area contributed by atoms with Crippen molar-refractivity contribution in [2.45, 2.75) is 31.7 Å². The van der Waals surface area contributed by atoms with Gasteiger partial charge in [0.25, 0.3) is 0 Å². The zero-order chi connectivity index (χ0) is 11.5. The van der Waals surface area contributed by atoms with Crippen LogP contribution in [0.2, 0.25) is 0 Å². The predicted octanol–water partition coefficient (Wildman–Crippen LogP) is 2.07. The van der Waals surface area contributed by atoms with Gasteiger partial charge in [-0.1, -0.05) is 12.5 Å². The molecule has 0 bridgehead atoms. The van der Waals surface area contributed by atoms with E-state index in [0.717, 1.165) is 12.8 Å². The molecule has 0 spiro atoms. The number of ether oxygens (including phenoxy) is 1. The summed E-state index contributed by atoms with van der Waals surface area (Å²) in [6, 6.07) is 5.87. The molecule has 3 N–H and O–H groups in total. The van der Waals surface area contributed by atoms with Gasteiger partial charge in [0.15, 0.2) is 11.5 Å². The number of hydrogen-bond acceptors (Lipinski definition) is 3. The van der Waals surface area contributed by atoms with Crippen LogP contribution in [-0.2, 0) is 6.42 Å². The van der Waals surface area contributed by atoms with Gasteiger partial charge in [-0.3, -0.25) is 0 Å². The third kappa shape index (κ3) is 2.30. The molecule has 88 valence electrons. The smallest absolute Gasteiger partial charge is 0.160 e. The van der Waals surface area contributed by atoms with Gasteiger partial charge in [-0.25, -0.2) is 0 Å². The summed E-state index contributed by atoms with van der Waals surface area (Å²) >= 11 is 0. The fourth-order valence-electron chi connectivity index (χ4n) is 2.47. The van der Waals surface area contributed by atoms with Gasteiger partial charge in [0.05, 0.1) is 7.11 Å². The molecule has 1 aromatic rings. The van der Waals surface area contributed by atoms with E-state index in [1.807, 2.05) is 12.1 Å². The SMILES string of the molecule is COc1cc(C[C@H]2CCC[C@@H]2N)ccc1O. The summed E-state index contributed by atoms with van der Waals surface area (Å²) in [6.45, 7) is 0. The maximum atomic E-state index is 9.50. The zero-order valence-corrected chi connectivity index (χ0v) is 9.65. The lowest BCUT2D eigenvalue weighted by Crippen LogP contribution is -2.25. The molecule has 1 saturated carbocycles. The topological polar surface area (TPSA) is 55.5 Å². The van der Waals surface area contributed by atoms with E-state index >= 15 is 0 Å². The van der Waals surface area contributed by atoms with E-state index in [1.54, 1.807) is 13.2 Å². The summed E-state index contributed by atoms with van der Waals surface area (Å²) < 4.78 is 5.10. The zero-order valence-electron chi connectivity index (χ0n) is 9.65. The van der Waals surface area contributed by atoms with Crippen molar-refractivity contribution in [3.63, 3.8) is 0 Å². The third-order valence-electron chi connectivity index (χ3n) is 3.46. The van der Waals surface area contributed by atoms with Gasteiger partial charge in [0, 0.05) is 6.04 Å². The molecule has 0 saturated heterocycles. The quantitative estimate of drug-likeness (QED) is 0.821. The number of rotatable bonds is 3. The summed E-state index contributed by atoms with van der Waals surface area (Å²) in [4.78, 5) is 0. The van der Waals surface area contributed by atoms with Gasteiger partial charge in [0.1, 0.15) is 0 Å². The van der Waals surface area contributed by atoms with Crippen molar-refractivity contribution >= 4 is 0 Å². The molecule has 0 unspecified atom stereocenters. The van der Waals surface area contributed by atoms with Crippen LogP contribution in [-0.4, -0.2) is 18.3 Å². The fourth-order valence-corrected chi connectivity index (χ4v) is 2.47. The minimum absolute atomic E-state index is 0.196. The average Bonchev–Trinajstić information content (AvgIpc) is 2.67. The second-order valence-electron chi connectivity index (χ2n) is 4.57. The predicted molar refractivity (Wildman–Crippen MR) is 63.7 cm³/mol. The summed E-state index contributed by atoms with van der Waals surface area (Å²) in [5.74, 6) is 1.32. The Morgan fingerprint density at radius 2 is 2.25 bits per heavy atom. The number of phenols is 1. The van der Waals surface area contributed by atoms with Crippen molar-refractivity contribution < 1.29 is 9.84 Å². The fraction of sp³-hybridized carbons (Fsp3) is 0.538. The normalized spacial score (nSPS) is 24.6. The average molecular weight is 221 g/mol. The molecule has 0 aliphatic heterocycles. The van der Waals surface area contributed by atoms with Gasteiger partial charge < -0.3 is 15.6 Å². The lowest BCUT2D eigenvalue weighted by atomic mass is 9.95. The Bertz CT molecular complexity index is 365. The molecule has 0 aromatic heterocycles. The minimum atomic E-state index is 0.196. The van der Waals surface area contributed by atoms with E-state index in [1.165, 1.54) is 18.4 Å². The van der Waals surface area contributed by atoms with E-state index in [2.05, 4.69) is 0 Å². The van der Waals surface area contributed by atoms with Crippen LogP contribution < -0.4 is 10.5 Å². The highest BCUT2D eigenvalue weighted by atomic mass is 16.5. The molecular weight excluding hydrogens is 202 g/mol. The number of benzene rings is 1. The Balaban J connectivity index is 2.09. The van der Waals surface area contributed by atoms with Crippen molar-refractivity contribution in [1.82, 2.24) is 0 Å². The Morgan fingerprint density at radius 3 is 2.88 bits per heavy atom. The first-order valence-corrected chi connectivity index (χ1v) is 5.82. The van der Waals surface area contributed by atoms with Crippen LogP contribution >= 0.6 is 0 Å². The lowest BCUT2D eigenvalue weighted by Gasteiger charge is -2.15. The van der Waals surface area contributed by atoms with Crippen molar-refractivity contribution in [1.29, 1.82) is 0 Å². The molecule has 1 aliphatic carbocycles. The van der Waals surface area contributed by atoms with Crippen LogP contribution in [0.25, 0.3) is 0 Å². The highest BCUT2D eigenvalue weighted by Gasteiger charge is 2.24. The summed E-state index contributed by atoms with van der Waals surface area (Å²) in [6.07, 6.45) is 4.57. The number of phenolic OH excluding ortho intramolecular Hbond substituents is 1. The Hall–Kier alpha value is -1.22. The first-order chi connectivity index (χ1) is 7.70. The molecule has 16 heavy (non-hydrogen) atoms. The first kappa shape index (κ1) is 11.3. The largest absolute Gasteiger partial charge is 0.504 e. The molecule has 2 atom stereocenters. The maximum absolute atomic E-state index is 9.50. The van der Waals surface area contributed by atoms with E-state index in [0.29, 0.717) is 17.7 Å². The van der Waals surface area contributed by atoms with Crippen molar-refractivity contribution in [3.05, 3.63) is 23.8 Å². The van der Waals surface area contributed by atoms with Crippen molar-refractivity contribution in [2.24, 2.45) is 11.7 Å². The van der Waals surface area contributed by atoms with Gasteiger partial charge in [-0.15, -0.1) is 0 Å². The van der Waals surface area contributed by atoms with Gasteiger partial charge in [-0.05, 0) is 42.9 Å². The van der Waals surface area contributed by atoms with Crippen LogP contribution in [0, 0.1) is 5.92 Å². The van der Waals surface area contributed by atoms with E-state index in [4.69, 9.17) is 10.5 Å². The Kier molecular flexibility index (Phi) is 3.34. The second-order valence-corrected chi connectivity index (χ2v) is 4.57. The molecule has 2 rings (SSSR count). The number of aromatic hydroxyl groups is 1. The third-order valence-corrected chi connectivity index (χ3v) is 3.46. The highest BCUT2D eigenvalue weighted by molar-refractivity contribution is 5.41. The molecule has 1 aromatic carbocycles. The van der Waals surface area contributed by atoms with E-state index in [9.17, 15) is 5.11 Å². The van der Waals surface area contributed by atoms with Crippen LogP contribution in [0.4, 0.5) is 0 Å². The standard InChI is InChI=1S/C13H19NO2/c1-16-13-8-9(5-6-12(13)15)7-10-3-2-4-11(10)14/h5-6,8,10-11,15H,2-4,7,14H2,1H3/t10-,11+/m1/s1. The van der Waals surface area contributed by atoms with E-state index < -0.39 is 0 Å². The number of nitrogens with two attached hydrogens (primary N) is 1. The summed E-state index contributed by atoms with van der Waals surface area (Å²) in [5, 5.41) is 9.50. The Labute approximate surface area is 96.2 Å². The highest BCUT2D eigenvalue weighted by Crippen LogP contribution is 2.31. The van der Waals surface area contributed by atoms with Crippen LogP contribution in [0.15, 0.2) is 18.2 Å². The van der Waals surface area contributed by atoms with Gasteiger partial charge in [-0.2, -0.15) is 0 Å². The van der Waals surface area contributed by atoms with Crippen molar-refractivity contribution in [2.75, 3.05) is 7.11 Å². The van der Waals surface area contributed by atoms with E-state index in [-0.39, 0.29) is 5.75 Å². The van der Waals surface area contributed by atoms with Crippen molar-refractivity contribution in [3.8, 4) is 11.5 Å². The molecule has 1 fully saturated rings. The van der Waals surface area contributed by atoms with Crippen LogP contribution in [0.5, 0.6) is 11.5 Å². The molecule has 1 aliphatic rings. The van der Waals surface area contributed by atoms with Gasteiger partial charge >= 0.3 is 0 Å². The van der Waals surface area contributed by atoms with Crippen LogP contribution in [0.3, 0.4) is 0 Å². The molecule has 3 nitrogen and oxygen atoms in total. The molecule has 3 heteroatoms. The minimum Gasteiger partial charge on any atom is -0.504 e. The maximum Gasteiger partial charge on any atom is 0.160 e. The molecule has 0 heterocycles. The number of methoxy groups -OCH3 is 1. The van der Waals surface area contributed by atoms with Crippen LogP contribution in [0.1, 0.15) is 24.8 Å². The Morgan fingerprint density at radius 1 is 1.44 bits per heavy atom. The molecule has 0 radical (unpaired) electrons. The second kappa shape index (κ2) is 4.74. The number of hydrogen-bond donors (Lipinski definition) is 2. The van der Waals surface area contributed by atoms with Gasteiger partial charge in [0.2, 0.25) is 0 Å². The summed E-state index contributed by atoms with van der Waals surface area (Å²) in [7, 11) is 1.57. The molecule has 0 amide bonds. The first-order valence-electron chi connectivity index (χ1n) is 5.82. The lowest BCUT2D eigenvalue weighted by molar-refractivity contribution is 0.372. The summed E-state index contributed by atoms with van der Waals surface area (Å²) in [5.41, 5.74) is 7.24. The monoisotopic (exact) mass is 221 g/mol.